The summed E-state index contributed by atoms with van der Waals surface area (Å²) in [5.74, 6) is 0.646. The summed E-state index contributed by atoms with van der Waals surface area (Å²) in [7, 11) is 1.59. The van der Waals surface area contributed by atoms with Crippen LogP contribution in [0.25, 0.3) is 0 Å². The molecule has 2 rings (SSSR count). The highest BCUT2D eigenvalue weighted by atomic mass is 16.5. The van der Waals surface area contributed by atoms with Crippen molar-refractivity contribution in [2.75, 3.05) is 12.0 Å². The first-order valence-corrected chi connectivity index (χ1v) is 7.79. The molecule has 1 unspecified atom stereocenters. The molecule has 2 aromatic carbocycles. The van der Waals surface area contributed by atoms with E-state index in [1.807, 2.05) is 78.6 Å². The van der Waals surface area contributed by atoms with Crippen LogP contribution in [-0.4, -0.2) is 18.4 Å². The van der Waals surface area contributed by atoms with E-state index in [0.29, 0.717) is 5.76 Å². The standard InChI is InChI=1S/C21H23NO2/c1-4-20(24-3)16-15-17(2)21(23)22(18-11-7-5-8-12-18)19-13-9-6-10-14-19/h4-16,21,23H,1H2,2-3H3/b17-15+,20-16+. The Morgan fingerprint density at radius 3 is 1.92 bits per heavy atom. The van der Waals surface area contributed by atoms with Crippen LogP contribution in [0, 0.1) is 0 Å². The molecule has 3 nitrogen and oxygen atoms in total. The number of benzene rings is 2. The third kappa shape index (κ3) is 4.37. The summed E-state index contributed by atoms with van der Waals surface area (Å²) in [4.78, 5) is 1.89. The van der Waals surface area contributed by atoms with Gasteiger partial charge in [-0.05, 0) is 48.9 Å². The van der Waals surface area contributed by atoms with Gasteiger partial charge in [-0.3, -0.25) is 0 Å². The van der Waals surface area contributed by atoms with Crippen molar-refractivity contribution in [2.45, 2.75) is 13.2 Å². The summed E-state index contributed by atoms with van der Waals surface area (Å²) in [6.45, 7) is 5.57. The van der Waals surface area contributed by atoms with Gasteiger partial charge in [0.25, 0.3) is 0 Å². The van der Waals surface area contributed by atoms with E-state index in [2.05, 4.69) is 6.58 Å². The summed E-state index contributed by atoms with van der Waals surface area (Å²) < 4.78 is 5.16. The van der Waals surface area contributed by atoms with Gasteiger partial charge in [0.05, 0.1) is 7.11 Å². The second-order valence-corrected chi connectivity index (χ2v) is 5.30. The number of anilines is 2. The van der Waals surface area contributed by atoms with E-state index < -0.39 is 6.23 Å². The number of para-hydroxylation sites is 2. The number of hydrogen-bond acceptors (Lipinski definition) is 3. The average Bonchev–Trinajstić information content (AvgIpc) is 2.64. The maximum Gasteiger partial charge on any atom is 0.153 e. The Labute approximate surface area is 143 Å². The Morgan fingerprint density at radius 2 is 1.50 bits per heavy atom. The van der Waals surface area contributed by atoms with Gasteiger partial charge < -0.3 is 14.7 Å². The lowest BCUT2D eigenvalue weighted by Gasteiger charge is -2.30. The van der Waals surface area contributed by atoms with E-state index in [0.717, 1.165) is 16.9 Å². The van der Waals surface area contributed by atoms with E-state index >= 15 is 0 Å². The van der Waals surface area contributed by atoms with Crippen LogP contribution in [0.2, 0.25) is 0 Å². The van der Waals surface area contributed by atoms with E-state index in [1.165, 1.54) is 0 Å². The van der Waals surface area contributed by atoms with Crippen LogP contribution < -0.4 is 4.90 Å². The summed E-state index contributed by atoms with van der Waals surface area (Å²) in [6, 6.07) is 19.6. The number of rotatable bonds is 7. The highest BCUT2D eigenvalue weighted by Gasteiger charge is 2.19. The summed E-state index contributed by atoms with van der Waals surface area (Å²) in [5.41, 5.74) is 2.63. The van der Waals surface area contributed by atoms with E-state index in [4.69, 9.17) is 4.74 Å². The fraction of sp³-hybridized carbons (Fsp3) is 0.143. The second-order valence-electron chi connectivity index (χ2n) is 5.30. The van der Waals surface area contributed by atoms with Crippen molar-refractivity contribution < 1.29 is 9.84 Å². The lowest BCUT2D eigenvalue weighted by atomic mass is 10.1. The summed E-state index contributed by atoms with van der Waals surface area (Å²) in [5, 5.41) is 10.9. The fourth-order valence-electron chi connectivity index (χ4n) is 2.33. The molecule has 124 valence electrons. The zero-order chi connectivity index (χ0) is 17.4. The molecule has 0 aliphatic heterocycles. The fourth-order valence-corrected chi connectivity index (χ4v) is 2.33. The van der Waals surface area contributed by atoms with Crippen LogP contribution in [0.1, 0.15) is 6.92 Å². The van der Waals surface area contributed by atoms with Crippen molar-refractivity contribution in [3.05, 3.63) is 96.8 Å². The third-order valence-electron chi connectivity index (χ3n) is 3.67. The molecule has 0 amide bonds. The predicted molar refractivity (Wildman–Crippen MR) is 100 cm³/mol. The van der Waals surface area contributed by atoms with Gasteiger partial charge in [-0.15, -0.1) is 0 Å². The van der Waals surface area contributed by atoms with Crippen molar-refractivity contribution in [1.29, 1.82) is 0 Å². The van der Waals surface area contributed by atoms with E-state index in [9.17, 15) is 5.11 Å². The number of nitrogens with zero attached hydrogens (tertiary/aromatic N) is 1. The van der Waals surface area contributed by atoms with Crippen LogP contribution in [0.3, 0.4) is 0 Å². The van der Waals surface area contributed by atoms with Crippen LogP contribution in [0.15, 0.2) is 96.8 Å². The minimum atomic E-state index is -0.797. The molecule has 0 radical (unpaired) electrons. The van der Waals surface area contributed by atoms with Crippen molar-refractivity contribution in [2.24, 2.45) is 0 Å². The molecule has 24 heavy (non-hydrogen) atoms. The molecular weight excluding hydrogens is 298 g/mol. The molecule has 1 N–H and O–H groups in total. The predicted octanol–water partition coefficient (Wildman–Crippen LogP) is 4.81. The van der Waals surface area contributed by atoms with Gasteiger partial charge in [-0.1, -0.05) is 49.1 Å². The van der Waals surface area contributed by atoms with Crippen LogP contribution >= 0.6 is 0 Å². The van der Waals surface area contributed by atoms with Crippen molar-refractivity contribution >= 4 is 11.4 Å². The Balaban J connectivity index is 2.39. The molecule has 0 heterocycles. The second kappa shape index (κ2) is 8.75. The number of ether oxygens (including phenoxy) is 1. The number of methoxy groups -OCH3 is 1. The maximum atomic E-state index is 10.9. The number of aliphatic hydroxyl groups is 1. The van der Waals surface area contributed by atoms with Crippen molar-refractivity contribution in [3.63, 3.8) is 0 Å². The molecule has 3 heteroatoms. The molecule has 0 saturated heterocycles. The highest BCUT2D eigenvalue weighted by molar-refractivity contribution is 5.64. The lowest BCUT2D eigenvalue weighted by molar-refractivity contribution is 0.217. The first-order valence-electron chi connectivity index (χ1n) is 7.79. The minimum absolute atomic E-state index is 0.646. The molecule has 0 aliphatic carbocycles. The molecule has 0 aromatic heterocycles. The minimum Gasteiger partial charge on any atom is -0.497 e. The zero-order valence-corrected chi connectivity index (χ0v) is 14.1. The normalized spacial score (nSPS) is 13.3. The molecule has 2 aromatic rings. The zero-order valence-electron chi connectivity index (χ0n) is 14.1. The van der Waals surface area contributed by atoms with Crippen LogP contribution in [-0.2, 0) is 4.74 Å². The molecule has 0 bridgehead atoms. The quantitative estimate of drug-likeness (QED) is 0.451. The molecule has 0 fully saturated rings. The molecule has 0 spiro atoms. The Kier molecular flexibility index (Phi) is 6.41. The first kappa shape index (κ1) is 17.6. The van der Waals surface area contributed by atoms with Crippen molar-refractivity contribution in [3.8, 4) is 0 Å². The number of hydrogen-bond donors (Lipinski definition) is 1. The first-order chi connectivity index (χ1) is 11.7. The molecule has 0 saturated carbocycles. The van der Waals surface area contributed by atoms with Crippen LogP contribution in [0.4, 0.5) is 11.4 Å². The SMILES string of the molecule is C=C/C(=C\C=C(/C)C(O)N(c1ccccc1)c1ccccc1)OC. The average molecular weight is 321 g/mol. The highest BCUT2D eigenvalue weighted by Crippen LogP contribution is 2.29. The van der Waals surface area contributed by atoms with E-state index in [-0.39, 0.29) is 0 Å². The number of aliphatic hydroxyl groups excluding tert-OH is 1. The van der Waals surface area contributed by atoms with E-state index in [1.54, 1.807) is 19.3 Å². The molecule has 0 aliphatic rings. The molecular formula is C21H23NO2. The number of allylic oxidation sites excluding steroid dienone is 3. The smallest absolute Gasteiger partial charge is 0.153 e. The maximum absolute atomic E-state index is 10.9. The van der Waals surface area contributed by atoms with Gasteiger partial charge >= 0.3 is 0 Å². The van der Waals surface area contributed by atoms with Gasteiger partial charge in [0.2, 0.25) is 0 Å². The van der Waals surface area contributed by atoms with Crippen LogP contribution in [0.5, 0.6) is 0 Å². The topological polar surface area (TPSA) is 32.7 Å². The Hall–Kier alpha value is -2.78. The van der Waals surface area contributed by atoms with Gasteiger partial charge in [0.15, 0.2) is 6.23 Å². The molecule has 1 atom stereocenters. The third-order valence-corrected chi connectivity index (χ3v) is 3.67. The Bertz CT molecular complexity index is 666. The van der Waals surface area contributed by atoms with Gasteiger partial charge in [0, 0.05) is 11.4 Å². The summed E-state index contributed by atoms with van der Waals surface area (Å²) >= 11 is 0. The van der Waals surface area contributed by atoms with Gasteiger partial charge in [-0.25, -0.2) is 0 Å². The summed E-state index contributed by atoms with van der Waals surface area (Å²) in [6.07, 6.45) is 4.46. The van der Waals surface area contributed by atoms with Gasteiger partial charge in [0.1, 0.15) is 5.76 Å². The lowest BCUT2D eigenvalue weighted by Crippen LogP contribution is -2.31. The largest absolute Gasteiger partial charge is 0.497 e. The monoisotopic (exact) mass is 321 g/mol. The Morgan fingerprint density at radius 1 is 1.00 bits per heavy atom. The van der Waals surface area contributed by atoms with Crippen molar-refractivity contribution in [1.82, 2.24) is 0 Å². The van der Waals surface area contributed by atoms with Gasteiger partial charge in [-0.2, -0.15) is 0 Å².